The van der Waals surface area contributed by atoms with Crippen LogP contribution in [0.5, 0.6) is 5.75 Å². The summed E-state index contributed by atoms with van der Waals surface area (Å²) in [5.41, 5.74) is 2.09. The Labute approximate surface area is 84.5 Å². The van der Waals surface area contributed by atoms with Gasteiger partial charge < -0.3 is 9.84 Å². The van der Waals surface area contributed by atoms with E-state index < -0.39 is 0 Å². The Bertz CT molecular complexity index is 329. The van der Waals surface area contributed by atoms with Crippen molar-refractivity contribution in [2.24, 2.45) is 5.92 Å². The average molecular weight is 192 g/mol. The van der Waals surface area contributed by atoms with Crippen LogP contribution in [0.4, 0.5) is 0 Å². The van der Waals surface area contributed by atoms with Crippen molar-refractivity contribution in [3.63, 3.8) is 0 Å². The maximum Gasteiger partial charge on any atom is 0.124 e. The normalized spacial score (nSPS) is 17.9. The standard InChI is InChI=1S/C12H16O2/c1-8-3-6-10(11(7-8)14-2)12(13)9-4-5-9/h3,6-7,9,12-13H,4-5H2,1-2H3. The van der Waals surface area contributed by atoms with Crippen LogP contribution in [0.2, 0.25) is 0 Å². The van der Waals surface area contributed by atoms with Crippen LogP contribution in [0.3, 0.4) is 0 Å². The van der Waals surface area contributed by atoms with Crippen LogP contribution in [-0.4, -0.2) is 12.2 Å². The van der Waals surface area contributed by atoms with Crippen LogP contribution >= 0.6 is 0 Å². The SMILES string of the molecule is COc1cc(C)ccc1C(O)C1CC1. The molecule has 1 saturated carbocycles. The first kappa shape index (κ1) is 9.53. The van der Waals surface area contributed by atoms with Crippen molar-refractivity contribution >= 4 is 0 Å². The molecule has 0 amide bonds. The smallest absolute Gasteiger partial charge is 0.124 e. The van der Waals surface area contributed by atoms with Crippen molar-refractivity contribution in [1.29, 1.82) is 0 Å². The Morgan fingerprint density at radius 1 is 1.43 bits per heavy atom. The molecule has 1 aromatic rings. The van der Waals surface area contributed by atoms with Crippen molar-refractivity contribution < 1.29 is 9.84 Å². The zero-order valence-electron chi connectivity index (χ0n) is 8.66. The molecule has 2 rings (SSSR count). The summed E-state index contributed by atoms with van der Waals surface area (Å²) in [5.74, 6) is 1.26. The fraction of sp³-hybridized carbons (Fsp3) is 0.500. The van der Waals surface area contributed by atoms with E-state index >= 15 is 0 Å². The van der Waals surface area contributed by atoms with Crippen molar-refractivity contribution in [2.45, 2.75) is 25.9 Å². The van der Waals surface area contributed by atoms with E-state index in [1.165, 1.54) is 0 Å². The minimum absolute atomic E-state index is 0.342. The van der Waals surface area contributed by atoms with Gasteiger partial charge in [0.05, 0.1) is 13.2 Å². The molecule has 0 radical (unpaired) electrons. The van der Waals surface area contributed by atoms with Gasteiger partial charge >= 0.3 is 0 Å². The lowest BCUT2D eigenvalue weighted by molar-refractivity contribution is 0.150. The molecule has 1 aliphatic carbocycles. The molecule has 1 aliphatic rings. The molecule has 0 aromatic heterocycles. The van der Waals surface area contributed by atoms with Gasteiger partial charge in [-0.25, -0.2) is 0 Å². The number of rotatable bonds is 3. The van der Waals surface area contributed by atoms with Gasteiger partial charge in [-0.2, -0.15) is 0 Å². The Hall–Kier alpha value is -1.02. The van der Waals surface area contributed by atoms with Gasteiger partial charge in [0.1, 0.15) is 5.75 Å². The first-order chi connectivity index (χ1) is 6.72. The molecule has 1 atom stereocenters. The van der Waals surface area contributed by atoms with Crippen molar-refractivity contribution in [1.82, 2.24) is 0 Å². The second-order valence-electron chi connectivity index (χ2n) is 4.03. The molecule has 14 heavy (non-hydrogen) atoms. The quantitative estimate of drug-likeness (QED) is 0.797. The number of methoxy groups -OCH3 is 1. The molecule has 0 heterocycles. The Kier molecular flexibility index (Phi) is 2.46. The molecule has 0 aliphatic heterocycles. The minimum atomic E-state index is -0.342. The number of aryl methyl sites for hydroxylation is 1. The highest BCUT2D eigenvalue weighted by Crippen LogP contribution is 2.43. The number of hydrogen-bond acceptors (Lipinski definition) is 2. The van der Waals surface area contributed by atoms with E-state index in [9.17, 15) is 5.11 Å². The highest BCUT2D eigenvalue weighted by Gasteiger charge is 2.32. The van der Waals surface area contributed by atoms with Gasteiger partial charge in [-0.05, 0) is 37.3 Å². The topological polar surface area (TPSA) is 29.5 Å². The third-order valence-corrected chi connectivity index (χ3v) is 2.78. The van der Waals surface area contributed by atoms with E-state index in [0.717, 1.165) is 29.7 Å². The first-order valence-electron chi connectivity index (χ1n) is 5.05. The molecule has 1 aromatic carbocycles. The molecule has 1 fully saturated rings. The van der Waals surface area contributed by atoms with Gasteiger partial charge in [0, 0.05) is 5.56 Å². The van der Waals surface area contributed by atoms with Gasteiger partial charge in [0.15, 0.2) is 0 Å². The summed E-state index contributed by atoms with van der Waals surface area (Å²) in [6.07, 6.45) is 1.93. The first-order valence-corrected chi connectivity index (χ1v) is 5.05. The minimum Gasteiger partial charge on any atom is -0.496 e. The second kappa shape index (κ2) is 3.62. The summed E-state index contributed by atoms with van der Waals surface area (Å²) in [6, 6.07) is 5.96. The highest BCUT2D eigenvalue weighted by molar-refractivity contribution is 5.39. The van der Waals surface area contributed by atoms with Gasteiger partial charge in [-0.15, -0.1) is 0 Å². The number of aliphatic hydroxyl groups excluding tert-OH is 1. The number of hydrogen-bond donors (Lipinski definition) is 1. The van der Waals surface area contributed by atoms with Gasteiger partial charge in [0.25, 0.3) is 0 Å². The van der Waals surface area contributed by atoms with E-state index in [1.54, 1.807) is 7.11 Å². The van der Waals surface area contributed by atoms with Crippen molar-refractivity contribution in [3.8, 4) is 5.75 Å². The molecular weight excluding hydrogens is 176 g/mol. The van der Waals surface area contributed by atoms with Crippen LogP contribution in [0.15, 0.2) is 18.2 Å². The molecule has 0 bridgehead atoms. The summed E-state index contributed by atoms with van der Waals surface area (Å²) in [6.45, 7) is 2.02. The molecule has 0 saturated heterocycles. The van der Waals surface area contributed by atoms with Crippen LogP contribution < -0.4 is 4.74 Å². The molecule has 2 nitrogen and oxygen atoms in total. The summed E-state index contributed by atoms with van der Waals surface area (Å²) >= 11 is 0. The van der Waals surface area contributed by atoms with Crippen LogP contribution in [0.25, 0.3) is 0 Å². The summed E-state index contributed by atoms with van der Waals surface area (Å²) < 4.78 is 5.27. The van der Waals surface area contributed by atoms with E-state index in [-0.39, 0.29) is 6.10 Å². The van der Waals surface area contributed by atoms with Crippen molar-refractivity contribution in [2.75, 3.05) is 7.11 Å². The molecule has 2 heteroatoms. The zero-order chi connectivity index (χ0) is 10.1. The van der Waals surface area contributed by atoms with Crippen LogP contribution in [0.1, 0.15) is 30.1 Å². The summed E-state index contributed by atoms with van der Waals surface area (Å²) in [5, 5.41) is 9.98. The molecular formula is C12H16O2. The third-order valence-electron chi connectivity index (χ3n) is 2.78. The van der Waals surface area contributed by atoms with E-state index in [0.29, 0.717) is 5.92 Å². The molecule has 1 unspecified atom stereocenters. The molecule has 76 valence electrons. The largest absolute Gasteiger partial charge is 0.496 e. The van der Waals surface area contributed by atoms with Crippen molar-refractivity contribution in [3.05, 3.63) is 29.3 Å². The second-order valence-corrected chi connectivity index (χ2v) is 4.03. The molecule has 0 spiro atoms. The summed E-state index contributed by atoms with van der Waals surface area (Å²) in [4.78, 5) is 0. The zero-order valence-corrected chi connectivity index (χ0v) is 8.66. The Morgan fingerprint density at radius 3 is 2.71 bits per heavy atom. The lowest BCUT2D eigenvalue weighted by atomic mass is 10.0. The van der Waals surface area contributed by atoms with Gasteiger partial charge in [-0.3, -0.25) is 0 Å². The fourth-order valence-corrected chi connectivity index (χ4v) is 1.73. The highest BCUT2D eigenvalue weighted by atomic mass is 16.5. The monoisotopic (exact) mass is 192 g/mol. The number of aliphatic hydroxyl groups is 1. The van der Waals surface area contributed by atoms with E-state index in [4.69, 9.17) is 4.74 Å². The number of ether oxygens (including phenoxy) is 1. The fourth-order valence-electron chi connectivity index (χ4n) is 1.73. The Morgan fingerprint density at radius 2 is 2.14 bits per heavy atom. The van der Waals surface area contributed by atoms with Crippen LogP contribution in [-0.2, 0) is 0 Å². The average Bonchev–Trinajstić information content (AvgIpc) is 3.00. The maximum absolute atomic E-state index is 9.98. The predicted molar refractivity (Wildman–Crippen MR) is 55.4 cm³/mol. The van der Waals surface area contributed by atoms with Crippen LogP contribution in [0, 0.1) is 12.8 Å². The number of benzene rings is 1. The van der Waals surface area contributed by atoms with E-state index in [1.807, 2.05) is 25.1 Å². The third kappa shape index (κ3) is 1.75. The van der Waals surface area contributed by atoms with Gasteiger partial charge in [-0.1, -0.05) is 12.1 Å². The predicted octanol–water partition coefficient (Wildman–Crippen LogP) is 2.45. The summed E-state index contributed by atoms with van der Waals surface area (Å²) in [7, 11) is 1.65. The molecule has 1 N–H and O–H groups in total. The maximum atomic E-state index is 9.98. The lowest BCUT2D eigenvalue weighted by Gasteiger charge is -2.14. The van der Waals surface area contributed by atoms with Gasteiger partial charge in [0.2, 0.25) is 0 Å². The van der Waals surface area contributed by atoms with E-state index in [2.05, 4.69) is 0 Å². The Balaban J connectivity index is 2.30. The lowest BCUT2D eigenvalue weighted by Crippen LogP contribution is -2.02.